The predicted octanol–water partition coefficient (Wildman–Crippen LogP) is 5.22. The van der Waals surface area contributed by atoms with Crippen molar-refractivity contribution in [2.75, 3.05) is 25.5 Å². The molecule has 0 spiro atoms. The molecule has 0 atom stereocenters. The molecule has 2 amide bonds. The van der Waals surface area contributed by atoms with E-state index in [0.29, 0.717) is 31.6 Å². The maximum absolute atomic E-state index is 14.1. The van der Waals surface area contributed by atoms with Gasteiger partial charge in [0.2, 0.25) is 11.7 Å². The number of nitro groups is 1. The minimum Gasteiger partial charge on any atom is -0.493 e. The van der Waals surface area contributed by atoms with Gasteiger partial charge < -0.3 is 15.0 Å². The quantitative estimate of drug-likeness (QED) is 0.335. The maximum Gasteiger partial charge on any atom is 0.269 e. The van der Waals surface area contributed by atoms with Crippen LogP contribution in [0.5, 0.6) is 5.75 Å². The van der Waals surface area contributed by atoms with E-state index in [1.165, 1.54) is 0 Å². The van der Waals surface area contributed by atoms with Crippen molar-refractivity contribution in [3.8, 4) is 5.75 Å². The molecule has 3 aromatic rings. The predicted molar refractivity (Wildman–Crippen MR) is 133 cm³/mol. The van der Waals surface area contributed by atoms with Crippen molar-refractivity contribution in [1.29, 1.82) is 0 Å². The van der Waals surface area contributed by atoms with Gasteiger partial charge in [0, 0.05) is 36.5 Å². The molecule has 1 fully saturated rings. The van der Waals surface area contributed by atoms with Crippen LogP contribution in [0.3, 0.4) is 0 Å². The highest BCUT2D eigenvalue weighted by Gasteiger charge is 2.25. The molecule has 198 valence electrons. The van der Waals surface area contributed by atoms with E-state index in [1.807, 2.05) is 12.1 Å². The van der Waals surface area contributed by atoms with Crippen LogP contribution < -0.4 is 10.1 Å². The SMILES string of the molecule is COc1c(C(=O)Nc2ccc(C3CCN(C(=O)Cc4cc([N+](=O)[O-])ccc4F)CC3)cc2)ccc(F)c1F. The minimum absolute atomic E-state index is 0.00930. The number of carbonyl (C=O) groups is 2. The number of hydrogen-bond donors (Lipinski definition) is 1. The molecular weight excluding hydrogens is 503 g/mol. The Morgan fingerprint density at radius 3 is 2.32 bits per heavy atom. The number of ether oxygens (including phenoxy) is 1. The van der Waals surface area contributed by atoms with E-state index in [9.17, 15) is 32.9 Å². The van der Waals surface area contributed by atoms with Crippen LogP contribution in [0, 0.1) is 27.6 Å². The molecule has 3 aromatic carbocycles. The van der Waals surface area contributed by atoms with Gasteiger partial charge in [-0.3, -0.25) is 19.7 Å². The highest BCUT2D eigenvalue weighted by molar-refractivity contribution is 6.06. The third-order valence-electron chi connectivity index (χ3n) is 6.57. The van der Waals surface area contributed by atoms with Crippen molar-refractivity contribution in [3.05, 3.63) is 98.9 Å². The van der Waals surface area contributed by atoms with Crippen molar-refractivity contribution in [3.63, 3.8) is 0 Å². The molecule has 1 aliphatic heterocycles. The summed E-state index contributed by atoms with van der Waals surface area (Å²) in [5.41, 5.74) is 1.04. The first kappa shape index (κ1) is 26.6. The van der Waals surface area contributed by atoms with Gasteiger partial charge >= 0.3 is 0 Å². The van der Waals surface area contributed by atoms with E-state index in [4.69, 9.17) is 4.74 Å². The van der Waals surface area contributed by atoms with Gasteiger partial charge in [-0.15, -0.1) is 0 Å². The molecule has 0 radical (unpaired) electrons. The number of amides is 2. The molecule has 0 aliphatic carbocycles. The maximum atomic E-state index is 14.1. The second-order valence-corrected chi connectivity index (χ2v) is 8.88. The summed E-state index contributed by atoms with van der Waals surface area (Å²) in [6, 6.07) is 12.2. The van der Waals surface area contributed by atoms with Gasteiger partial charge in [-0.05, 0) is 54.7 Å². The third kappa shape index (κ3) is 5.77. The van der Waals surface area contributed by atoms with Gasteiger partial charge in [0.05, 0.1) is 24.0 Å². The van der Waals surface area contributed by atoms with Gasteiger partial charge in [-0.25, -0.2) is 8.78 Å². The van der Waals surface area contributed by atoms with Gasteiger partial charge in [0.1, 0.15) is 5.82 Å². The number of nitrogens with one attached hydrogen (secondary N) is 1. The monoisotopic (exact) mass is 527 g/mol. The fraction of sp³-hybridized carbons (Fsp3) is 0.259. The van der Waals surface area contributed by atoms with Crippen LogP contribution in [0.2, 0.25) is 0 Å². The lowest BCUT2D eigenvalue weighted by Crippen LogP contribution is -2.38. The Hall–Kier alpha value is -4.41. The zero-order chi connectivity index (χ0) is 27.4. The first-order valence-corrected chi connectivity index (χ1v) is 11.8. The summed E-state index contributed by atoms with van der Waals surface area (Å²) in [7, 11) is 1.15. The van der Waals surface area contributed by atoms with Crippen molar-refractivity contribution in [2.24, 2.45) is 0 Å². The van der Waals surface area contributed by atoms with Crippen molar-refractivity contribution < 1.29 is 32.4 Å². The number of non-ortho nitro benzene ring substituents is 1. The van der Waals surface area contributed by atoms with Crippen LogP contribution in [0.15, 0.2) is 54.6 Å². The molecule has 1 saturated heterocycles. The molecule has 1 aliphatic rings. The van der Waals surface area contributed by atoms with E-state index >= 15 is 0 Å². The second-order valence-electron chi connectivity index (χ2n) is 8.88. The Labute approximate surface area is 216 Å². The van der Waals surface area contributed by atoms with Gasteiger partial charge in [0.15, 0.2) is 11.6 Å². The number of anilines is 1. The Morgan fingerprint density at radius 1 is 1.03 bits per heavy atom. The van der Waals surface area contributed by atoms with E-state index in [-0.39, 0.29) is 35.1 Å². The van der Waals surface area contributed by atoms with Crippen LogP contribution in [-0.4, -0.2) is 41.8 Å². The number of piperidine rings is 1. The zero-order valence-electron chi connectivity index (χ0n) is 20.4. The summed E-state index contributed by atoms with van der Waals surface area (Å²) in [5, 5.41) is 13.6. The molecule has 0 bridgehead atoms. The van der Waals surface area contributed by atoms with E-state index in [0.717, 1.165) is 43.0 Å². The van der Waals surface area contributed by atoms with Crippen LogP contribution in [0.1, 0.15) is 40.2 Å². The topological polar surface area (TPSA) is 102 Å². The molecule has 11 heteroatoms. The summed E-state index contributed by atoms with van der Waals surface area (Å²) in [6.07, 6.45) is 1.08. The van der Waals surface area contributed by atoms with E-state index in [2.05, 4.69) is 5.32 Å². The lowest BCUT2D eigenvalue weighted by molar-refractivity contribution is -0.385. The largest absolute Gasteiger partial charge is 0.493 e. The van der Waals surface area contributed by atoms with Gasteiger partial charge in [-0.1, -0.05) is 12.1 Å². The second kappa shape index (κ2) is 11.3. The molecule has 1 N–H and O–H groups in total. The highest BCUT2D eigenvalue weighted by atomic mass is 19.2. The molecule has 8 nitrogen and oxygen atoms in total. The molecule has 0 aromatic heterocycles. The molecule has 38 heavy (non-hydrogen) atoms. The Bertz CT molecular complexity index is 1370. The standard InChI is InChI=1S/C27H24F3N3O5/c1-38-26-21(7-9-23(29)25(26)30)27(35)31-19-4-2-16(3-5-19)17-10-12-32(13-11-17)24(34)15-18-14-20(33(36)37)6-8-22(18)28/h2-9,14,17H,10-13,15H2,1H3,(H,31,35). The lowest BCUT2D eigenvalue weighted by atomic mass is 9.89. The van der Waals surface area contributed by atoms with Crippen LogP contribution >= 0.6 is 0 Å². The highest BCUT2D eigenvalue weighted by Crippen LogP contribution is 2.30. The Kier molecular flexibility index (Phi) is 7.94. The number of benzene rings is 3. The summed E-state index contributed by atoms with van der Waals surface area (Å²) in [6.45, 7) is 0.906. The van der Waals surface area contributed by atoms with Gasteiger partial charge in [-0.2, -0.15) is 4.39 Å². The number of nitrogens with zero attached hydrogens (tertiary/aromatic N) is 2. The van der Waals surface area contributed by atoms with Crippen LogP contribution in [0.4, 0.5) is 24.5 Å². The Morgan fingerprint density at radius 2 is 1.68 bits per heavy atom. The third-order valence-corrected chi connectivity index (χ3v) is 6.57. The molecule has 4 rings (SSSR count). The summed E-state index contributed by atoms with van der Waals surface area (Å²) >= 11 is 0. The number of halogens is 3. The number of hydrogen-bond acceptors (Lipinski definition) is 5. The zero-order valence-corrected chi connectivity index (χ0v) is 20.4. The molecular formula is C27H24F3N3O5. The van der Waals surface area contributed by atoms with Gasteiger partial charge in [0.25, 0.3) is 11.6 Å². The minimum atomic E-state index is -1.24. The number of rotatable bonds is 7. The first-order valence-electron chi connectivity index (χ1n) is 11.8. The van der Waals surface area contributed by atoms with Crippen LogP contribution in [-0.2, 0) is 11.2 Å². The summed E-state index contributed by atoms with van der Waals surface area (Å²) in [4.78, 5) is 37.2. The summed E-state index contributed by atoms with van der Waals surface area (Å²) < 4.78 is 46.3. The normalized spacial score (nSPS) is 13.7. The average molecular weight is 527 g/mol. The number of methoxy groups -OCH3 is 1. The van der Waals surface area contributed by atoms with E-state index in [1.54, 1.807) is 17.0 Å². The number of likely N-dealkylation sites (tertiary alicyclic amines) is 1. The first-order chi connectivity index (χ1) is 18.2. The van der Waals surface area contributed by atoms with Crippen molar-refractivity contribution in [2.45, 2.75) is 25.2 Å². The number of carbonyl (C=O) groups excluding carboxylic acids is 2. The lowest BCUT2D eigenvalue weighted by Gasteiger charge is -2.32. The molecule has 1 heterocycles. The van der Waals surface area contributed by atoms with Crippen LogP contribution in [0.25, 0.3) is 0 Å². The average Bonchev–Trinajstić information content (AvgIpc) is 2.91. The summed E-state index contributed by atoms with van der Waals surface area (Å²) in [5.74, 6) is -4.29. The fourth-order valence-corrected chi connectivity index (χ4v) is 4.49. The molecule has 0 saturated carbocycles. The Balaban J connectivity index is 1.34. The van der Waals surface area contributed by atoms with E-state index < -0.39 is 34.0 Å². The number of nitro benzene ring substituents is 1. The smallest absolute Gasteiger partial charge is 0.269 e. The fourth-order valence-electron chi connectivity index (χ4n) is 4.49. The van der Waals surface area contributed by atoms with Crippen molar-refractivity contribution >= 4 is 23.2 Å². The molecule has 0 unspecified atom stereocenters. The van der Waals surface area contributed by atoms with Crippen molar-refractivity contribution in [1.82, 2.24) is 4.90 Å².